The fraction of sp³-hybridized carbons (Fsp3) is 0.545. The molecule has 9 nitrogen and oxygen atoms in total. The Balaban J connectivity index is 2.15. The van der Waals surface area contributed by atoms with Crippen LogP contribution in [0, 0.1) is 10.1 Å². The highest BCUT2D eigenvalue weighted by Gasteiger charge is 2.27. The van der Waals surface area contributed by atoms with Crippen LogP contribution in [0.3, 0.4) is 0 Å². The highest BCUT2D eigenvalue weighted by molar-refractivity contribution is 5.85. The van der Waals surface area contributed by atoms with Gasteiger partial charge in [-0.15, -0.1) is 0 Å². The Hall–Kier alpha value is -2.45. The molecule has 0 bridgehead atoms. The van der Waals surface area contributed by atoms with Crippen LogP contribution in [0.1, 0.15) is 19.8 Å². The van der Waals surface area contributed by atoms with E-state index >= 15 is 0 Å². The minimum atomic E-state index is -0.662. The molecule has 1 aliphatic heterocycles. The van der Waals surface area contributed by atoms with Gasteiger partial charge in [-0.3, -0.25) is 14.9 Å². The molecule has 0 radical (unpaired) electrons. The molecule has 3 N–H and O–H groups in total. The minimum Gasteiger partial charge on any atom is -0.378 e. The molecule has 2 heterocycles. The molecule has 1 saturated heterocycles. The lowest BCUT2D eigenvalue weighted by Gasteiger charge is -2.21. The van der Waals surface area contributed by atoms with Crippen LogP contribution in [0.2, 0.25) is 0 Å². The van der Waals surface area contributed by atoms with Crippen molar-refractivity contribution in [1.29, 1.82) is 0 Å². The third kappa shape index (κ3) is 2.76. The number of hydrogen-bond donors (Lipinski definition) is 2. The number of aromatic nitrogens is 2. The van der Waals surface area contributed by atoms with Gasteiger partial charge >= 0.3 is 5.69 Å². The molecule has 20 heavy (non-hydrogen) atoms. The van der Waals surface area contributed by atoms with Crippen molar-refractivity contribution in [3.63, 3.8) is 0 Å². The number of carbonyl (C=O) groups is 1. The maximum atomic E-state index is 12.1. The van der Waals surface area contributed by atoms with Gasteiger partial charge in [0.15, 0.2) is 0 Å². The van der Waals surface area contributed by atoms with Gasteiger partial charge in [0.2, 0.25) is 17.5 Å². The molecule has 2 rings (SSSR count). The zero-order valence-electron chi connectivity index (χ0n) is 11.1. The van der Waals surface area contributed by atoms with E-state index in [0.717, 1.165) is 32.3 Å². The van der Waals surface area contributed by atoms with Crippen LogP contribution in [0.15, 0.2) is 6.33 Å². The minimum absolute atomic E-state index is 0.0393. The second kappa shape index (κ2) is 5.68. The van der Waals surface area contributed by atoms with E-state index in [2.05, 4.69) is 15.3 Å². The Labute approximate surface area is 115 Å². The molecule has 1 fully saturated rings. The molecule has 0 aliphatic carbocycles. The van der Waals surface area contributed by atoms with E-state index in [1.807, 2.05) is 0 Å². The van der Waals surface area contributed by atoms with Crippen molar-refractivity contribution < 1.29 is 9.72 Å². The topological polar surface area (TPSA) is 127 Å². The van der Waals surface area contributed by atoms with Crippen LogP contribution in [0.4, 0.5) is 17.3 Å². The molecule has 1 unspecified atom stereocenters. The highest BCUT2D eigenvalue weighted by atomic mass is 16.6. The van der Waals surface area contributed by atoms with Crippen molar-refractivity contribution in [2.45, 2.75) is 25.8 Å². The van der Waals surface area contributed by atoms with Gasteiger partial charge in [-0.1, -0.05) is 0 Å². The smallest absolute Gasteiger partial charge is 0.353 e. The van der Waals surface area contributed by atoms with Crippen LogP contribution < -0.4 is 11.1 Å². The number of nitro groups is 1. The summed E-state index contributed by atoms with van der Waals surface area (Å²) in [7, 11) is 0. The van der Waals surface area contributed by atoms with E-state index in [-0.39, 0.29) is 17.5 Å². The van der Waals surface area contributed by atoms with Gasteiger partial charge in [-0.05, 0) is 19.8 Å². The normalized spacial score (nSPS) is 15.9. The Morgan fingerprint density at radius 3 is 2.75 bits per heavy atom. The second-order valence-electron chi connectivity index (χ2n) is 4.61. The monoisotopic (exact) mass is 280 g/mol. The standard InChI is InChI=1S/C11H16N6O3/c1-7(11(18)16-4-2-3-5-16)15-10-8(17(19)20)9(12)13-6-14-10/h6-7H,2-5H2,1H3,(H3,12,13,14,15). The van der Waals surface area contributed by atoms with E-state index < -0.39 is 16.7 Å². The van der Waals surface area contributed by atoms with Gasteiger partial charge in [0.25, 0.3) is 0 Å². The molecule has 0 aromatic carbocycles. The Bertz CT molecular complexity index is 529. The third-order valence-corrected chi connectivity index (χ3v) is 3.17. The van der Waals surface area contributed by atoms with Gasteiger partial charge in [-0.25, -0.2) is 9.97 Å². The van der Waals surface area contributed by atoms with Crippen LogP contribution >= 0.6 is 0 Å². The molecule has 1 atom stereocenters. The maximum Gasteiger partial charge on any atom is 0.353 e. The number of nitrogens with zero attached hydrogens (tertiary/aromatic N) is 4. The first-order valence-corrected chi connectivity index (χ1v) is 6.31. The molecule has 108 valence electrons. The number of carbonyl (C=O) groups excluding carboxylic acids is 1. The summed E-state index contributed by atoms with van der Waals surface area (Å²) < 4.78 is 0. The lowest BCUT2D eigenvalue weighted by atomic mass is 10.3. The van der Waals surface area contributed by atoms with Gasteiger partial charge in [0.05, 0.1) is 4.92 Å². The highest BCUT2D eigenvalue weighted by Crippen LogP contribution is 2.27. The molecular weight excluding hydrogens is 264 g/mol. The Morgan fingerprint density at radius 2 is 2.15 bits per heavy atom. The number of likely N-dealkylation sites (tertiary alicyclic amines) is 1. The molecule has 0 spiro atoms. The molecule has 9 heteroatoms. The third-order valence-electron chi connectivity index (χ3n) is 3.17. The first-order valence-electron chi connectivity index (χ1n) is 6.31. The fourth-order valence-corrected chi connectivity index (χ4v) is 2.16. The van der Waals surface area contributed by atoms with Gasteiger partial charge in [0.1, 0.15) is 12.4 Å². The average Bonchev–Trinajstić information content (AvgIpc) is 2.91. The summed E-state index contributed by atoms with van der Waals surface area (Å²) in [5, 5.41) is 13.7. The SMILES string of the molecule is CC(Nc1ncnc(N)c1[N+](=O)[O-])C(=O)N1CCCC1. The van der Waals surface area contributed by atoms with Gasteiger partial charge in [-0.2, -0.15) is 0 Å². The van der Waals surface area contributed by atoms with E-state index in [9.17, 15) is 14.9 Å². The van der Waals surface area contributed by atoms with Crippen molar-refractivity contribution in [2.75, 3.05) is 24.1 Å². The summed E-state index contributed by atoms with van der Waals surface area (Å²) in [5.41, 5.74) is 5.06. The number of nitrogen functional groups attached to an aromatic ring is 1. The van der Waals surface area contributed by atoms with Crippen LogP contribution in [-0.2, 0) is 4.79 Å². The van der Waals surface area contributed by atoms with Crippen molar-refractivity contribution in [1.82, 2.24) is 14.9 Å². The quantitative estimate of drug-likeness (QED) is 0.603. The van der Waals surface area contributed by atoms with E-state index in [0.29, 0.717) is 0 Å². The molecule has 1 aromatic heterocycles. The van der Waals surface area contributed by atoms with E-state index in [1.54, 1.807) is 11.8 Å². The first-order chi connectivity index (χ1) is 9.50. The van der Waals surface area contributed by atoms with Gasteiger partial charge in [0, 0.05) is 13.1 Å². The zero-order valence-corrected chi connectivity index (χ0v) is 11.1. The first kappa shape index (κ1) is 14.0. The second-order valence-corrected chi connectivity index (χ2v) is 4.61. The molecular formula is C11H16N6O3. The van der Waals surface area contributed by atoms with Gasteiger partial charge < -0.3 is 16.0 Å². The summed E-state index contributed by atoms with van der Waals surface area (Å²) in [6.07, 6.45) is 3.09. The van der Waals surface area contributed by atoms with Crippen LogP contribution in [0.5, 0.6) is 0 Å². The zero-order chi connectivity index (χ0) is 14.7. The lowest BCUT2D eigenvalue weighted by Crippen LogP contribution is -2.39. The number of anilines is 2. The number of hydrogen-bond acceptors (Lipinski definition) is 7. The number of nitrogens with two attached hydrogens (primary N) is 1. The Kier molecular flexibility index (Phi) is 3.97. The summed E-state index contributed by atoms with van der Waals surface area (Å²) in [4.78, 5) is 31.5. The predicted molar refractivity (Wildman–Crippen MR) is 72.0 cm³/mol. The fourth-order valence-electron chi connectivity index (χ4n) is 2.16. The average molecular weight is 280 g/mol. The lowest BCUT2D eigenvalue weighted by molar-refractivity contribution is -0.383. The maximum absolute atomic E-state index is 12.1. The summed E-state index contributed by atoms with van der Waals surface area (Å²) in [6, 6.07) is -0.610. The number of nitrogens with one attached hydrogen (secondary N) is 1. The van der Waals surface area contributed by atoms with Crippen molar-refractivity contribution >= 4 is 23.2 Å². The van der Waals surface area contributed by atoms with Crippen molar-refractivity contribution in [3.05, 3.63) is 16.4 Å². The Morgan fingerprint density at radius 1 is 1.50 bits per heavy atom. The van der Waals surface area contributed by atoms with E-state index in [1.165, 1.54) is 0 Å². The van der Waals surface area contributed by atoms with E-state index in [4.69, 9.17) is 5.73 Å². The molecule has 1 aromatic rings. The predicted octanol–water partition coefficient (Wildman–Crippen LogP) is 0.390. The van der Waals surface area contributed by atoms with Crippen LogP contribution in [-0.4, -0.2) is 44.8 Å². The number of amides is 1. The number of rotatable bonds is 4. The largest absolute Gasteiger partial charge is 0.378 e. The molecule has 1 aliphatic rings. The van der Waals surface area contributed by atoms with Crippen LogP contribution in [0.25, 0.3) is 0 Å². The summed E-state index contributed by atoms with van der Waals surface area (Å²) >= 11 is 0. The molecule has 1 amide bonds. The summed E-state index contributed by atoms with van der Waals surface area (Å²) in [5.74, 6) is -0.371. The van der Waals surface area contributed by atoms with Crippen molar-refractivity contribution in [3.8, 4) is 0 Å². The molecule has 0 saturated carbocycles. The van der Waals surface area contributed by atoms with Crippen molar-refractivity contribution in [2.24, 2.45) is 0 Å². The summed E-state index contributed by atoms with van der Waals surface area (Å²) in [6.45, 7) is 3.08.